The maximum atomic E-state index is 10.6. The van der Waals surface area contributed by atoms with Crippen molar-refractivity contribution in [2.45, 2.75) is 19.5 Å². The lowest BCUT2D eigenvalue weighted by Crippen LogP contribution is -2.11. The Morgan fingerprint density at radius 1 is 1.26 bits per heavy atom. The van der Waals surface area contributed by atoms with Crippen molar-refractivity contribution in [1.29, 1.82) is 0 Å². The lowest BCUT2D eigenvalue weighted by molar-refractivity contribution is -0.384. The third-order valence-electron chi connectivity index (χ3n) is 3.07. The number of nitrogens with zero attached hydrogens (tertiary/aromatic N) is 2. The van der Waals surface area contributed by atoms with Crippen molar-refractivity contribution >= 4 is 5.69 Å². The average Bonchev–Trinajstić information content (AvgIpc) is 2.85. The molecule has 1 N–H and O–H groups in total. The van der Waals surface area contributed by atoms with Crippen LogP contribution in [-0.4, -0.2) is 16.5 Å². The highest BCUT2D eigenvalue weighted by molar-refractivity contribution is 5.32. The van der Waals surface area contributed by atoms with Crippen LogP contribution in [-0.2, 0) is 19.5 Å². The number of benzene rings is 1. The Bertz CT molecular complexity index is 546. The molecule has 0 unspecified atom stereocenters. The summed E-state index contributed by atoms with van der Waals surface area (Å²) in [5, 5.41) is 13.7. The second-order valence-electron chi connectivity index (χ2n) is 4.40. The average molecular weight is 259 g/mol. The van der Waals surface area contributed by atoms with Gasteiger partial charge in [-0.15, -0.1) is 0 Å². The predicted molar refractivity (Wildman–Crippen MR) is 74.0 cm³/mol. The van der Waals surface area contributed by atoms with Crippen LogP contribution in [0, 0.1) is 10.1 Å². The van der Waals surface area contributed by atoms with Crippen LogP contribution in [0.25, 0.3) is 0 Å². The molecule has 2 aromatic rings. The molecule has 1 aromatic heterocycles. The summed E-state index contributed by atoms with van der Waals surface area (Å²) < 4.78 is 2.19. The van der Waals surface area contributed by atoms with Crippen molar-refractivity contribution in [3.63, 3.8) is 0 Å². The minimum atomic E-state index is -0.374. The van der Waals surface area contributed by atoms with Gasteiger partial charge in [-0.1, -0.05) is 12.1 Å². The van der Waals surface area contributed by atoms with Crippen LogP contribution in [0.15, 0.2) is 42.6 Å². The van der Waals surface area contributed by atoms with Crippen LogP contribution in [0.2, 0.25) is 0 Å². The zero-order chi connectivity index (χ0) is 13.7. The maximum Gasteiger partial charge on any atom is 0.269 e. The highest BCUT2D eigenvalue weighted by Gasteiger charge is 2.04. The summed E-state index contributed by atoms with van der Waals surface area (Å²) in [5.41, 5.74) is 2.49. The van der Waals surface area contributed by atoms with Crippen LogP contribution in [0.3, 0.4) is 0 Å². The largest absolute Gasteiger partial charge is 0.350 e. The molecule has 100 valence electrons. The molecule has 5 heteroatoms. The molecule has 19 heavy (non-hydrogen) atoms. The van der Waals surface area contributed by atoms with E-state index in [4.69, 9.17) is 0 Å². The Kier molecular flexibility index (Phi) is 4.30. The van der Waals surface area contributed by atoms with Crippen molar-refractivity contribution in [3.05, 3.63) is 64.0 Å². The standard InChI is InChI=1S/C14H17N3O2/c1-15-11-14-3-2-9-16(14)10-8-12-4-6-13(7-5-12)17(18)19/h2-7,9,15H,8,10-11H2,1H3. The number of nitrogens with one attached hydrogen (secondary N) is 1. The first kappa shape index (κ1) is 13.3. The van der Waals surface area contributed by atoms with E-state index in [0.717, 1.165) is 25.1 Å². The first-order valence-corrected chi connectivity index (χ1v) is 6.22. The fourth-order valence-corrected chi connectivity index (χ4v) is 2.04. The van der Waals surface area contributed by atoms with Crippen molar-refractivity contribution < 1.29 is 4.92 Å². The monoisotopic (exact) mass is 259 g/mol. The Labute approximate surface area is 112 Å². The normalized spacial score (nSPS) is 10.6. The summed E-state index contributed by atoms with van der Waals surface area (Å²) in [4.78, 5) is 10.2. The molecule has 2 rings (SSSR count). The Balaban J connectivity index is 1.98. The van der Waals surface area contributed by atoms with E-state index in [9.17, 15) is 10.1 Å². The predicted octanol–water partition coefficient (Wildman–Crippen LogP) is 2.36. The molecule has 0 spiro atoms. The van der Waals surface area contributed by atoms with E-state index in [-0.39, 0.29) is 10.6 Å². The van der Waals surface area contributed by atoms with E-state index < -0.39 is 0 Å². The zero-order valence-corrected chi connectivity index (χ0v) is 10.9. The van der Waals surface area contributed by atoms with Crippen molar-refractivity contribution in [1.82, 2.24) is 9.88 Å². The van der Waals surface area contributed by atoms with Gasteiger partial charge in [-0.2, -0.15) is 0 Å². The molecule has 0 atom stereocenters. The summed E-state index contributed by atoms with van der Waals surface area (Å²) in [5.74, 6) is 0. The van der Waals surface area contributed by atoms with Gasteiger partial charge >= 0.3 is 0 Å². The van der Waals surface area contributed by atoms with Gasteiger partial charge < -0.3 is 9.88 Å². The first-order valence-electron chi connectivity index (χ1n) is 6.22. The molecule has 5 nitrogen and oxygen atoms in total. The number of hydrogen-bond acceptors (Lipinski definition) is 3. The fourth-order valence-electron chi connectivity index (χ4n) is 2.04. The highest BCUT2D eigenvalue weighted by Crippen LogP contribution is 2.13. The van der Waals surface area contributed by atoms with Crippen LogP contribution in [0.5, 0.6) is 0 Å². The van der Waals surface area contributed by atoms with E-state index in [1.54, 1.807) is 12.1 Å². The smallest absolute Gasteiger partial charge is 0.269 e. The van der Waals surface area contributed by atoms with Crippen LogP contribution < -0.4 is 5.32 Å². The molecule has 0 bridgehead atoms. The van der Waals surface area contributed by atoms with Crippen LogP contribution in [0.4, 0.5) is 5.69 Å². The summed E-state index contributed by atoms with van der Waals surface area (Å²) in [6.07, 6.45) is 2.92. The van der Waals surface area contributed by atoms with Gasteiger partial charge in [-0.25, -0.2) is 0 Å². The molecule has 0 amide bonds. The van der Waals surface area contributed by atoms with Gasteiger partial charge in [0.2, 0.25) is 0 Å². The van der Waals surface area contributed by atoms with E-state index in [1.165, 1.54) is 5.69 Å². The molecular weight excluding hydrogens is 242 g/mol. The van der Waals surface area contributed by atoms with E-state index in [2.05, 4.69) is 22.1 Å². The SMILES string of the molecule is CNCc1cccn1CCc1ccc([N+](=O)[O-])cc1. The molecule has 0 aliphatic heterocycles. The molecule has 0 saturated heterocycles. The first-order chi connectivity index (χ1) is 9.20. The van der Waals surface area contributed by atoms with Gasteiger partial charge in [0.15, 0.2) is 0 Å². The number of hydrogen-bond donors (Lipinski definition) is 1. The van der Waals surface area contributed by atoms with Crippen LogP contribution in [0.1, 0.15) is 11.3 Å². The zero-order valence-electron chi connectivity index (χ0n) is 10.9. The van der Waals surface area contributed by atoms with Crippen LogP contribution >= 0.6 is 0 Å². The van der Waals surface area contributed by atoms with Crippen molar-refractivity contribution in [2.75, 3.05) is 7.05 Å². The molecule has 0 radical (unpaired) electrons. The van der Waals surface area contributed by atoms with Gasteiger partial charge in [-0.3, -0.25) is 10.1 Å². The summed E-state index contributed by atoms with van der Waals surface area (Å²) in [7, 11) is 1.92. The number of aromatic nitrogens is 1. The van der Waals surface area contributed by atoms with Gasteiger partial charge in [0.25, 0.3) is 5.69 Å². The summed E-state index contributed by atoms with van der Waals surface area (Å²) >= 11 is 0. The minimum absolute atomic E-state index is 0.139. The Hall–Kier alpha value is -2.14. The third-order valence-corrected chi connectivity index (χ3v) is 3.07. The third kappa shape index (κ3) is 3.42. The second-order valence-corrected chi connectivity index (χ2v) is 4.40. The lowest BCUT2D eigenvalue weighted by Gasteiger charge is -2.08. The number of rotatable bonds is 6. The molecule has 0 saturated carbocycles. The van der Waals surface area contributed by atoms with Gasteiger partial charge in [0.05, 0.1) is 4.92 Å². The molecular formula is C14H17N3O2. The topological polar surface area (TPSA) is 60.1 Å². The van der Waals surface area contributed by atoms with E-state index in [0.29, 0.717) is 0 Å². The molecule has 1 aromatic carbocycles. The van der Waals surface area contributed by atoms with Gasteiger partial charge in [0, 0.05) is 37.1 Å². The highest BCUT2D eigenvalue weighted by atomic mass is 16.6. The number of non-ortho nitro benzene ring substituents is 1. The quantitative estimate of drug-likeness (QED) is 0.640. The Morgan fingerprint density at radius 2 is 2.00 bits per heavy atom. The van der Waals surface area contributed by atoms with Crippen molar-refractivity contribution in [3.8, 4) is 0 Å². The summed E-state index contributed by atoms with van der Waals surface area (Å²) in [6, 6.07) is 10.9. The summed E-state index contributed by atoms with van der Waals surface area (Å²) in [6.45, 7) is 1.72. The van der Waals surface area contributed by atoms with Crippen molar-refractivity contribution in [2.24, 2.45) is 0 Å². The number of nitro groups is 1. The minimum Gasteiger partial charge on any atom is -0.350 e. The van der Waals surface area contributed by atoms with Gasteiger partial charge in [0.1, 0.15) is 0 Å². The Morgan fingerprint density at radius 3 is 2.63 bits per heavy atom. The van der Waals surface area contributed by atoms with E-state index >= 15 is 0 Å². The van der Waals surface area contributed by atoms with Gasteiger partial charge in [-0.05, 0) is 31.2 Å². The molecule has 0 aliphatic carbocycles. The number of aryl methyl sites for hydroxylation is 2. The fraction of sp³-hybridized carbons (Fsp3) is 0.286. The lowest BCUT2D eigenvalue weighted by atomic mass is 10.1. The second kappa shape index (κ2) is 6.15. The number of nitro benzene ring substituents is 1. The maximum absolute atomic E-state index is 10.6. The van der Waals surface area contributed by atoms with E-state index in [1.807, 2.05) is 25.2 Å². The molecule has 0 fully saturated rings. The molecule has 1 heterocycles. The molecule has 0 aliphatic rings.